The first-order valence-electron chi connectivity index (χ1n) is 5.55. The van der Waals surface area contributed by atoms with Crippen molar-refractivity contribution in [3.63, 3.8) is 0 Å². The van der Waals surface area contributed by atoms with Gasteiger partial charge in [0.25, 0.3) is 0 Å². The molecular formula is C11H22O3. The zero-order valence-corrected chi connectivity index (χ0v) is 9.40. The molecule has 0 aliphatic carbocycles. The number of ether oxygens (including phenoxy) is 2. The van der Waals surface area contributed by atoms with E-state index in [9.17, 15) is 0 Å². The predicted molar refractivity (Wildman–Crippen MR) is 54.9 cm³/mol. The van der Waals surface area contributed by atoms with Crippen LogP contribution < -0.4 is 0 Å². The molecule has 3 atom stereocenters. The van der Waals surface area contributed by atoms with Gasteiger partial charge in [-0.05, 0) is 18.8 Å². The van der Waals surface area contributed by atoms with Gasteiger partial charge in [0.1, 0.15) is 6.10 Å². The lowest BCUT2D eigenvalue weighted by atomic mass is 9.94. The fraction of sp³-hybridized carbons (Fsp3) is 1.00. The Labute approximate surface area is 86.4 Å². The summed E-state index contributed by atoms with van der Waals surface area (Å²) in [7, 11) is 0. The summed E-state index contributed by atoms with van der Waals surface area (Å²) in [4.78, 5) is 0. The van der Waals surface area contributed by atoms with E-state index in [0.29, 0.717) is 18.4 Å². The van der Waals surface area contributed by atoms with Crippen molar-refractivity contribution in [2.75, 3.05) is 13.2 Å². The molecule has 1 aliphatic heterocycles. The van der Waals surface area contributed by atoms with Crippen LogP contribution in [0.5, 0.6) is 0 Å². The molecule has 3 nitrogen and oxygen atoms in total. The van der Waals surface area contributed by atoms with Gasteiger partial charge < -0.3 is 14.6 Å². The van der Waals surface area contributed by atoms with Crippen molar-refractivity contribution in [2.24, 2.45) is 11.8 Å². The molecule has 0 aromatic rings. The summed E-state index contributed by atoms with van der Waals surface area (Å²) in [6.45, 7) is 7.18. The van der Waals surface area contributed by atoms with E-state index < -0.39 is 0 Å². The molecule has 0 aromatic carbocycles. The number of rotatable bonds is 5. The highest BCUT2D eigenvalue weighted by Gasteiger charge is 2.31. The molecule has 1 fully saturated rings. The third-order valence-corrected chi connectivity index (χ3v) is 2.66. The Morgan fingerprint density at radius 1 is 1.43 bits per heavy atom. The van der Waals surface area contributed by atoms with E-state index in [-0.39, 0.29) is 19.0 Å². The topological polar surface area (TPSA) is 38.7 Å². The van der Waals surface area contributed by atoms with Crippen molar-refractivity contribution in [3.8, 4) is 0 Å². The van der Waals surface area contributed by atoms with Crippen molar-refractivity contribution in [1.29, 1.82) is 0 Å². The molecule has 1 N–H and O–H groups in total. The number of aliphatic hydroxyl groups excluding tert-OH is 1. The van der Waals surface area contributed by atoms with Crippen LogP contribution in [0.4, 0.5) is 0 Å². The van der Waals surface area contributed by atoms with Gasteiger partial charge in [-0.15, -0.1) is 0 Å². The van der Waals surface area contributed by atoms with Gasteiger partial charge >= 0.3 is 0 Å². The second-order valence-electron chi connectivity index (χ2n) is 4.44. The molecule has 1 aliphatic rings. The van der Waals surface area contributed by atoms with Crippen molar-refractivity contribution >= 4 is 0 Å². The van der Waals surface area contributed by atoms with Crippen LogP contribution in [-0.2, 0) is 9.47 Å². The van der Waals surface area contributed by atoms with E-state index in [4.69, 9.17) is 14.6 Å². The van der Waals surface area contributed by atoms with Crippen LogP contribution in [0.25, 0.3) is 0 Å². The largest absolute Gasteiger partial charge is 0.394 e. The molecule has 0 radical (unpaired) electrons. The van der Waals surface area contributed by atoms with E-state index in [0.717, 1.165) is 12.8 Å². The van der Waals surface area contributed by atoms with Gasteiger partial charge in [-0.1, -0.05) is 20.8 Å². The monoisotopic (exact) mass is 202 g/mol. The molecule has 84 valence electrons. The van der Waals surface area contributed by atoms with Crippen LogP contribution in [0.2, 0.25) is 0 Å². The summed E-state index contributed by atoms with van der Waals surface area (Å²) < 4.78 is 11.1. The molecular weight excluding hydrogens is 180 g/mol. The third kappa shape index (κ3) is 3.23. The van der Waals surface area contributed by atoms with Crippen LogP contribution in [-0.4, -0.2) is 30.7 Å². The first-order chi connectivity index (χ1) is 6.67. The fourth-order valence-electron chi connectivity index (χ4n) is 1.89. The zero-order valence-electron chi connectivity index (χ0n) is 9.40. The van der Waals surface area contributed by atoms with Gasteiger partial charge in [-0.25, -0.2) is 0 Å². The highest BCUT2D eigenvalue weighted by molar-refractivity contribution is 4.71. The minimum Gasteiger partial charge on any atom is -0.394 e. The lowest BCUT2D eigenvalue weighted by Gasteiger charge is -2.22. The third-order valence-electron chi connectivity index (χ3n) is 2.66. The van der Waals surface area contributed by atoms with Gasteiger partial charge in [0.2, 0.25) is 0 Å². The second kappa shape index (κ2) is 5.69. The summed E-state index contributed by atoms with van der Waals surface area (Å²) in [5.41, 5.74) is 0. The lowest BCUT2D eigenvalue weighted by molar-refractivity contribution is -0.107. The van der Waals surface area contributed by atoms with E-state index in [1.54, 1.807) is 0 Å². The first kappa shape index (κ1) is 12.0. The van der Waals surface area contributed by atoms with Gasteiger partial charge in [0.05, 0.1) is 13.2 Å². The maximum atomic E-state index is 8.92. The Kier molecular flexibility index (Phi) is 4.85. The molecule has 0 amide bonds. The first-order valence-corrected chi connectivity index (χ1v) is 5.55. The minimum absolute atomic E-state index is 0.0641. The fourth-order valence-corrected chi connectivity index (χ4v) is 1.89. The molecule has 14 heavy (non-hydrogen) atoms. The SMILES string of the molecule is CCC(CC(C)C)C1OCC(CO)O1. The van der Waals surface area contributed by atoms with Crippen LogP contribution >= 0.6 is 0 Å². The summed E-state index contributed by atoms with van der Waals surface area (Å²) in [5.74, 6) is 1.13. The highest BCUT2D eigenvalue weighted by Crippen LogP contribution is 2.26. The summed E-state index contributed by atoms with van der Waals surface area (Å²) in [6.07, 6.45) is 1.99. The van der Waals surface area contributed by atoms with Crippen molar-refractivity contribution in [2.45, 2.75) is 46.0 Å². The van der Waals surface area contributed by atoms with Crippen molar-refractivity contribution in [3.05, 3.63) is 0 Å². The number of hydrogen-bond acceptors (Lipinski definition) is 3. The summed E-state index contributed by atoms with van der Waals surface area (Å²) in [5, 5.41) is 8.92. The number of aliphatic hydroxyl groups is 1. The summed E-state index contributed by atoms with van der Waals surface area (Å²) in [6, 6.07) is 0. The maximum Gasteiger partial charge on any atom is 0.161 e. The Morgan fingerprint density at radius 3 is 2.57 bits per heavy atom. The maximum absolute atomic E-state index is 8.92. The minimum atomic E-state index is -0.110. The quantitative estimate of drug-likeness (QED) is 0.738. The molecule has 1 heterocycles. The predicted octanol–water partition coefficient (Wildman–Crippen LogP) is 1.79. The smallest absolute Gasteiger partial charge is 0.161 e. The standard InChI is InChI=1S/C11H22O3/c1-4-9(5-8(2)3)11-13-7-10(6-12)14-11/h8-12H,4-7H2,1-3H3. The van der Waals surface area contributed by atoms with Gasteiger partial charge in [-0.2, -0.15) is 0 Å². The van der Waals surface area contributed by atoms with Crippen molar-refractivity contribution in [1.82, 2.24) is 0 Å². The molecule has 0 spiro atoms. The van der Waals surface area contributed by atoms with E-state index in [1.165, 1.54) is 0 Å². The Bertz CT molecular complexity index is 159. The van der Waals surface area contributed by atoms with Crippen LogP contribution in [0, 0.1) is 11.8 Å². The van der Waals surface area contributed by atoms with Crippen LogP contribution in [0.1, 0.15) is 33.6 Å². The summed E-state index contributed by atoms with van der Waals surface area (Å²) >= 11 is 0. The van der Waals surface area contributed by atoms with Gasteiger partial charge in [-0.3, -0.25) is 0 Å². The molecule has 0 aromatic heterocycles. The van der Waals surface area contributed by atoms with Gasteiger partial charge in [0.15, 0.2) is 6.29 Å². The molecule has 0 saturated carbocycles. The second-order valence-corrected chi connectivity index (χ2v) is 4.44. The van der Waals surface area contributed by atoms with Gasteiger partial charge in [0, 0.05) is 5.92 Å². The van der Waals surface area contributed by atoms with E-state index in [1.807, 2.05) is 0 Å². The zero-order chi connectivity index (χ0) is 10.6. The van der Waals surface area contributed by atoms with Crippen LogP contribution in [0.3, 0.4) is 0 Å². The molecule has 0 bridgehead atoms. The molecule has 3 heteroatoms. The molecule has 1 saturated heterocycles. The Hall–Kier alpha value is -0.120. The Balaban J connectivity index is 2.38. The van der Waals surface area contributed by atoms with Crippen LogP contribution in [0.15, 0.2) is 0 Å². The van der Waals surface area contributed by atoms with E-state index in [2.05, 4.69) is 20.8 Å². The average Bonchev–Trinajstić information content (AvgIpc) is 2.62. The lowest BCUT2D eigenvalue weighted by Crippen LogP contribution is -2.24. The van der Waals surface area contributed by atoms with E-state index >= 15 is 0 Å². The highest BCUT2D eigenvalue weighted by atomic mass is 16.7. The average molecular weight is 202 g/mol. The number of hydrogen-bond donors (Lipinski definition) is 1. The van der Waals surface area contributed by atoms with Crippen molar-refractivity contribution < 1.29 is 14.6 Å². The molecule has 3 unspecified atom stereocenters. The Morgan fingerprint density at radius 2 is 2.14 bits per heavy atom. The molecule has 1 rings (SSSR count). The normalized spacial score (nSPS) is 29.8.